The molecule has 1 aliphatic rings. The molecular formula is C46H27IN2O3. The van der Waals surface area contributed by atoms with Crippen LogP contribution in [0.1, 0.15) is 16.7 Å². The molecule has 52 heavy (non-hydrogen) atoms. The molecular weight excluding hydrogens is 755 g/mol. The van der Waals surface area contributed by atoms with E-state index >= 15 is 0 Å². The lowest BCUT2D eigenvalue weighted by Gasteiger charge is -2.16. The molecule has 1 aliphatic heterocycles. The van der Waals surface area contributed by atoms with Crippen LogP contribution in [0.15, 0.2) is 187 Å². The molecule has 246 valence electrons. The van der Waals surface area contributed by atoms with Gasteiger partial charge in [0.15, 0.2) is 5.84 Å². The van der Waals surface area contributed by atoms with E-state index in [1.54, 1.807) is 0 Å². The van der Waals surface area contributed by atoms with Gasteiger partial charge in [-0.3, -0.25) is 4.79 Å². The summed E-state index contributed by atoms with van der Waals surface area (Å²) in [7, 11) is 0. The Bertz CT molecular complexity index is 3030. The van der Waals surface area contributed by atoms with E-state index in [2.05, 4.69) is 84.9 Å². The second-order valence-electron chi connectivity index (χ2n) is 12.6. The third-order valence-corrected chi connectivity index (χ3v) is 12.2. The van der Waals surface area contributed by atoms with Crippen LogP contribution in [0.5, 0.6) is 0 Å². The van der Waals surface area contributed by atoms with E-state index in [1.165, 1.54) is 0 Å². The Kier molecular flexibility index (Phi) is 7.35. The van der Waals surface area contributed by atoms with Gasteiger partial charge in [0.25, 0.3) is 0 Å². The fraction of sp³-hybridized carbons (Fsp3) is 0. The van der Waals surface area contributed by atoms with Crippen molar-refractivity contribution in [1.29, 1.82) is 0 Å². The standard InChI is InChI=1S/C46H27IN2O3/c50-42-36-16-7-9-20-40(36)51-41-26-25-31(27-38(41)42)28-21-23-29(24-22-28)32-13-4-5-15-35(32)44-47-45(49-46(48-44)30-11-2-1-3-12-30)37-18-10-17-34-33-14-6-8-19-39(33)52-43(34)37/h1-27H. The lowest BCUT2D eigenvalue weighted by molar-refractivity contribution is 0.660. The molecule has 0 saturated heterocycles. The van der Waals surface area contributed by atoms with Gasteiger partial charge in [-0.05, 0) is 79.4 Å². The lowest BCUT2D eigenvalue weighted by atomic mass is 9.96. The summed E-state index contributed by atoms with van der Waals surface area (Å²) in [4.78, 5) is 23.8. The van der Waals surface area contributed by atoms with Crippen molar-refractivity contribution < 1.29 is 8.83 Å². The van der Waals surface area contributed by atoms with Gasteiger partial charge < -0.3 is 8.83 Å². The number of furan rings is 1. The molecule has 0 atom stereocenters. The molecule has 0 fully saturated rings. The minimum atomic E-state index is -0.803. The number of halogens is 1. The number of para-hydroxylation sites is 3. The first kappa shape index (κ1) is 30.6. The molecule has 0 aliphatic carbocycles. The van der Waals surface area contributed by atoms with Crippen molar-refractivity contribution in [3.63, 3.8) is 0 Å². The highest BCUT2D eigenvalue weighted by atomic mass is 127. The van der Waals surface area contributed by atoms with Crippen LogP contribution in [-0.2, 0) is 0 Å². The number of amidine groups is 1. The molecule has 0 unspecified atom stereocenters. The molecule has 10 rings (SSSR count). The number of fused-ring (bicyclic) bond motifs is 5. The van der Waals surface area contributed by atoms with E-state index in [0.717, 1.165) is 68.2 Å². The van der Waals surface area contributed by atoms with Crippen LogP contribution < -0.4 is 5.43 Å². The molecule has 6 heteroatoms. The SMILES string of the molecule is O=c1c2ccccc2oc2ccc(-c3ccc(-c4ccccc4C4=IC(c5cccc6c5oc5ccccc56)=NC(c5ccccc5)=N4)cc3)cc12. The van der Waals surface area contributed by atoms with Crippen LogP contribution in [0.3, 0.4) is 0 Å². The number of hydrogen-bond acceptors (Lipinski definition) is 5. The van der Waals surface area contributed by atoms with Gasteiger partial charge in [0.1, 0.15) is 29.7 Å². The number of nitrogens with zero attached hydrogens (tertiary/aromatic N) is 2. The molecule has 0 bridgehead atoms. The molecule has 0 radical (unpaired) electrons. The van der Waals surface area contributed by atoms with Gasteiger partial charge in [-0.15, -0.1) is 0 Å². The first-order chi connectivity index (χ1) is 25.7. The van der Waals surface area contributed by atoms with E-state index < -0.39 is 20.7 Å². The molecule has 0 amide bonds. The molecule has 5 nitrogen and oxygen atoms in total. The number of hydrogen-bond donors (Lipinski definition) is 0. The van der Waals surface area contributed by atoms with E-state index in [-0.39, 0.29) is 5.43 Å². The smallest absolute Gasteiger partial charge is 0.200 e. The zero-order chi connectivity index (χ0) is 34.6. The minimum Gasteiger partial charge on any atom is -0.456 e. The van der Waals surface area contributed by atoms with Crippen LogP contribution in [0.25, 0.3) is 66.1 Å². The van der Waals surface area contributed by atoms with E-state index in [0.29, 0.717) is 27.8 Å². The van der Waals surface area contributed by atoms with Crippen molar-refractivity contribution in [2.24, 2.45) is 9.98 Å². The Morgan fingerprint density at radius 1 is 0.423 bits per heavy atom. The summed E-state index contributed by atoms with van der Waals surface area (Å²) in [6, 6.07) is 54.9. The summed E-state index contributed by atoms with van der Waals surface area (Å²) < 4.78 is 14.6. The average molecular weight is 783 g/mol. The van der Waals surface area contributed by atoms with E-state index in [4.69, 9.17) is 18.8 Å². The van der Waals surface area contributed by atoms with Crippen molar-refractivity contribution >= 4 is 77.8 Å². The number of aliphatic imine (C=N–C) groups is 2. The highest BCUT2D eigenvalue weighted by molar-refractivity contribution is 14.2. The molecule has 2 aromatic heterocycles. The van der Waals surface area contributed by atoms with Gasteiger partial charge in [-0.2, -0.15) is 0 Å². The molecule has 0 spiro atoms. The van der Waals surface area contributed by atoms with Crippen molar-refractivity contribution in [2.75, 3.05) is 0 Å². The Morgan fingerprint density at radius 3 is 1.87 bits per heavy atom. The second kappa shape index (κ2) is 12.5. The summed E-state index contributed by atoms with van der Waals surface area (Å²) in [5.74, 6) is 0.698. The summed E-state index contributed by atoms with van der Waals surface area (Å²) in [5, 5.41) is 3.35. The monoisotopic (exact) mass is 782 g/mol. The summed E-state index contributed by atoms with van der Waals surface area (Å²) in [6.07, 6.45) is 0. The predicted octanol–water partition coefficient (Wildman–Crippen LogP) is 11.5. The predicted molar refractivity (Wildman–Crippen MR) is 222 cm³/mol. The van der Waals surface area contributed by atoms with Gasteiger partial charge in [-0.25, -0.2) is 9.98 Å². The van der Waals surface area contributed by atoms with E-state index in [9.17, 15) is 4.79 Å². The maximum absolute atomic E-state index is 13.3. The maximum Gasteiger partial charge on any atom is 0.200 e. The molecule has 0 saturated carbocycles. The summed E-state index contributed by atoms with van der Waals surface area (Å²) >= 11 is -0.803. The van der Waals surface area contributed by atoms with Gasteiger partial charge in [-0.1, -0.05) is 127 Å². The fourth-order valence-corrected chi connectivity index (χ4v) is 9.58. The van der Waals surface area contributed by atoms with Crippen LogP contribution in [0, 0.1) is 0 Å². The van der Waals surface area contributed by atoms with Crippen LogP contribution in [-0.4, -0.2) is 13.2 Å². The molecule has 9 aromatic rings. The zero-order valence-electron chi connectivity index (χ0n) is 27.6. The molecule has 7 aromatic carbocycles. The van der Waals surface area contributed by atoms with Gasteiger partial charge in [0.05, 0.1) is 10.8 Å². The minimum absolute atomic E-state index is 0.0213. The quantitative estimate of drug-likeness (QED) is 0.129. The van der Waals surface area contributed by atoms with Crippen LogP contribution in [0.4, 0.5) is 0 Å². The number of rotatable bonds is 5. The van der Waals surface area contributed by atoms with Gasteiger partial charge >= 0.3 is 0 Å². The second-order valence-corrected chi connectivity index (χ2v) is 15.2. The Labute approximate surface area is 308 Å². The summed E-state index contributed by atoms with van der Waals surface area (Å²) in [5.41, 5.74) is 10.1. The van der Waals surface area contributed by atoms with Gasteiger partial charge in [0, 0.05) is 27.5 Å². The third-order valence-electron chi connectivity index (χ3n) is 9.50. The normalized spacial score (nSPS) is 13.2. The largest absolute Gasteiger partial charge is 0.456 e. The lowest BCUT2D eigenvalue weighted by Crippen LogP contribution is -2.12. The summed E-state index contributed by atoms with van der Waals surface area (Å²) in [6.45, 7) is 0. The third kappa shape index (κ3) is 5.22. The van der Waals surface area contributed by atoms with E-state index in [1.807, 2.05) is 78.9 Å². The van der Waals surface area contributed by atoms with Crippen LogP contribution in [0.2, 0.25) is 0 Å². The van der Waals surface area contributed by atoms with Crippen molar-refractivity contribution in [2.45, 2.75) is 0 Å². The molecule has 0 N–H and O–H groups in total. The molecule has 3 heterocycles. The first-order valence-electron chi connectivity index (χ1n) is 17.0. The van der Waals surface area contributed by atoms with Crippen LogP contribution >= 0.6 is 20.7 Å². The van der Waals surface area contributed by atoms with Crippen molar-refractivity contribution in [3.05, 3.63) is 191 Å². The number of benzene rings is 7. The first-order valence-corrected chi connectivity index (χ1v) is 19.1. The average Bonchev–Trinajstić information content (AvgIpc) is 3.60. The van der Waals surface area contributed by atoms with Crippen molar-refractivity contribution in [3.8, 4) is 22.3 Å². The highest BCUT2D eigenvalue weighted by Crippen LogP contribution is 2.36. The zero-order valence-corrected chi connectivity index (χ0v) is 29.7. The topological polar surface area (TPSA) is 68.1 Å². The Hall–Kier alpha value is -6.25. The highest BCUT2D eigenvalue weighted by Gasteiger charge is 2.21. The Morgan fingerprint density at radius 2 is 1.04 bits per heavy atom. The van der Waals surface area contributed by atoms with Crippen molar-refractivity contribution in [1.82, 2.24) is 0 Å². The fourth-order valence-electron chi connectivity index (χ4n) is 6.93. The van der Waals surface area contributed by atoms with Gasteiger partial charge in [0.2, 0.25) is 5.43 Å². The maximum atomic E-state index is 13.3. The Balaban J connectivity index is 1.07.